The monoisotopic (exact) mass is 320 g/mol. The first kappa shape index (κ1) is 17.3. The zero-order chi connectivity index (χ0) is 16.4. The number of aliphatic hydroxyl groups is 5. The molecule has 0 radical (unpaired) electrons. The molecule has 0 aliphatic carbocycles. The average Bonchev–Trinajstić information content (AvgIpc) is 2.51. The summed E-state index contributed by atoms with van der Waals surface area (Å²) in [6, 6.07) is 0. The van der Waals surface area contributed by atoms with E-state index in [0.717, 1.165) is 6.08 Å². The average molecular weight is 320 g/mol. The van der Waals surface area contributed by atoms with E-state index >= 15 is 0 Å². The van der Waals surface area contributed by atoms with Gasteiger partial charge in [-0.2, -0.15) is 0 Å². The molecular weight excluding hydrogens is 300 g/mol. The largest absolute Gasteiger partial charge is 0.459 e. The summed E-state index contributed by atoms with van der Waals surface area (Å²) < 4.78 is 15.6. The molecule has 2 heterocycles. The maximum absolute atomic E-state index is 10.7. The van der Waals surface area contributed by atoms with Crippen LogP contribution in [0.25, 0.3) is 0 Å². The minimum Gasteiger partial charge on any atom is -0.459 e. The number of rotatable bonds is 4. The Kier molecular flexibility index (Phi) is 5.50. The quantitative estimate of drug-likeness (QED) is 0.348. The Balaban J connectivity index is 2.13. The van der Waals surface area contributed by atoms with Gasteiger partial charge < -0.3 is 39.7 Å². The van der Waals surface area contributed by atoms with Crippen molar-refractivity contribution in [3.05, 3.63) is 11.8 Å². The number of aliphatic hydroxyl groups excluding tert-OH is 5. The molecule has 0 aromatic rings. The van der Waals surface area contributed by atoms with E-state index in [2.05, 4.69) is 0 Å². The minimum atomic E-state index is -1.49. The topological polar surface area (TPSA) is 146 Å². The molecule has 5 N–H and O–H groups in total. The van der Waals surface area contributed by atoms with E-state index in [4.69, 9.17) is 14.2 Å². The molecule has 0 bridgehead atoms. The SMILES string of the molecule is CC1C(O)OC(CO)C(OC2OC(C=O)=CC(O)C2O)C1O. The predicted molar refractivity (Wildman–Crippen MR) is 69.0 cm³/mol. The van der Waals surface area contributed by atoms with Crippen LogP contribution in [0.2, 0.25) is 0 Å². The van der Waals surface area contributed by atoms with Crippen LogP contribution in [-0.2, 0) is 19.0 Å². The van der Waals surface area contributed by atoms with Crippen LogP contribution >= 0.6 is 0 Å². The van der Waals surface area contributed by atoms with Crippen molar-refractivity contribution in [3.63, 3.8) is 0 Å². The fraction of sp³-hybridized carbons (Fsp3) is 0.769. The van der Waals surface area contributed by atoms with Crippen LogP contribution < -0.4 is 0 Å². The molecule has 0 spiro atoms. The maximum atomic E-state index is 10.7. The lowest BCUT2D eigenvalue weighted by Crippen LogP contribution is -2.58. The molecule has 2 aliphatic heterocycles. The molecule has 126 valence electrons. The van der Waals surface area contributed by atoms with Crippen molar-refractivity contribution in [2.75, 3.05) is 6.61 Å². The van der Waals surface area contributed by atoms with E-state index in [1.54, 1.807) is 0 Å². The van der Waals surface area contributed by atoms with Crippen LogP contribution in [0.3, 0.4) is 0 Å². The van der Waals surface area contributed by atoms with E-state index in [0.29, 0.717) is 6.29 Å². The molecule has 8 atom stereocenters. The first-order valence-corrected chi connectivity index (χ1v) is 6.86. The first-order chi connectivity index (χ1) is 10.4. The molecule has 2 rings (SSSR count). The number of allylic oxidation sites excluding steroid dienone is 1. The van der Waals surface area contributed by atoms with Gasteiger partial charge in [0.05, 0.1) is 12.7 Å². The molecule has 9 heteroatoms. The van der Waals surface area contributed by atoms with Gasteiger partial charge in [0.1, 0.15) is 24.4 Å². The Labute approximate surface area is 126 Å². The van der Waals surface area contributed by atoms with Gasteiger partial charge in [0.2, 0.25) is 6.29 Å². The summed E-state index contributed by atoms with van der Waals surface area (Å²) in [5.74, 6) is -0.929. The second-order valence-corrected chi connectivity index (χ2v) is 5.35. The minimum absolute atomic E-state index is 0.220. The van der Waals surface area contributed by atoms with Gasteiger partial charge in [-0.15, -0.1) is 0 Å². The van der Waals surface area contributed by atoms with Crippen LogP contribution in [0.15, 0.2) is 11.8 Å². The van der Waals surface area contributed by atoms with Crippen LogP contribution in [0.1, 0.15) is 6.92 Å². The molecule has 0 aromatic carbocycles. The van der Waals surface area contributed by atoms with Crippen molar-refractivity contribution in [3.8, 4) is 0 Å². The third-order valence-corrected chi connectivity index (χ3v) is 3.81. The van der Waals surface area contributed by atoms with Gasteiger partial charge in [0, 0.05) is 5.92 Å². The summed E-state index contributed by atoms with van der Waals surface area (Å²) in [7, 11) is 0. The Morgan fingerprint density at radius 3 is 2.55 bits per heavy atom. The van der Waals surface area contributed by atoms with E-state index < -0.39 is 55.6 Å². The van der Waals surface area contributed by atoms with Crippen LogP contribution in [0.4, 0.5) is 0 Å². The molecule has 0 amide bonds. The molecule has 9 nitrogen and oxygen atoms in total. The van der Waals surface area contributed by atoms with Crippen molar-refractivity contribution in [2.24, 2.45) is 5.92 Å². The van der Waals surface area contributed by atoms with Gasteiger partial charge in [0.15, 0.2) is 18.3 Å². The standard InChI is InChI=1S/C13H20O9/c1-5-9(17)11(8(4-15)21-12(5)19)22-13-10(18)7(16)2-6(3-14)20-13/h2-3,5,7-13,15-19H,4H2,1H3. The number of aldehydes is 1. The number of hydrogen-bond acceptors (Lipinski definition) is 9. The van der Waals surface area contributed by atoms with Gasteiger partial charge in [-0.25, -0.2) is 0 Å². The van der Waals surface area contributed by atoms with Crippen LogP contribution in [0.5, 0.6) is 0 Å². The summed E-state index contributed by atoms with van der Waals surface area (Å²) in [5.41, 5.74) is 0. The normalized spacial score (nSPS) is 45.8. The van der Waals surface area contributed by atoms with Crippen molar-refractivity contribution in [1.29, 1.82) is 0 Å². The second kappa shape index (κ2) is 7.01. The molecule has 0 saturated carbocycles. The Hall–Kier alpha value is -1.07. The van der Waals surface area contributed by atoms with Gasteiger partial charge in [0.25, 0.3) is 0 Å². The molecule has 1 fully saturated rings. The molecular formula is C13H20O9. The summed E-state index contributed by atoms with van der Waals surface area (Å²) in [6.07, 6.45) is -7.59. The smallest absolute Gasteiger partial charge is 0.229 e. The molecule has 1 saturated heterocycles. The Morgan fingerprint density at radius 2 is 1.95 bits per heavy atom. The van der Waals surface area contributed by atoms with Gasteiger partial charge in [-0.05, 0) is 6.08 Å². The first-order valence-electron chi connectivity index (χ1n) is 6.86. The molecule has 8 unspecified atom stereocenters. The highest BCUT2D eigenvalue weighted by Crippen LogP contribution is 2.29. The fourth-order valence-electron chi connectivity index (χ4n) is 2.38. The summed E-state index contributed by atoms with van der Waals surface area (Å²) in [4.78, 5) is 10.7. The Morgan fingerprint density at radius 1 is 1.27 bits per heavy atom. The molecule has 2 aliphatic rings. The number of carbonyl (C=O) groups is 1. The lowest BCUT2D eigenvalue weighted by Gasteiger charge is -2.43. The second-order valence-electron chi connectivity index (χ2n) is 5.35. The fourth-order valence-corrected chi connectivity index (χ4v) is 2.38. The maximum Gasteiger partial charge on any atom is 0.229 e. The summed E-state index contributed by atoms with van der Waals surface area (Å²) >= 11 is 0. The Bertz CT molecular complexity index is 424. The van der Waals surface area contributed by atoms with Crippen molar-refractivity contribution in [2.45, 2.75) is 50.0 Å². The van der Waals surface area contributed by atoms with Gasteiger partial charge in [-0.1, -0.05) is 6.92 Å². The third-order valence-electron chi connectivity index (χ3n) is 3.81. The van der Waals surface area contributed by atoms with Crippen LogP contribution in [0, 0.1) is 5.92 Å². The molecule has 22 heavy (non-hydrogen) atoms. The van der Waals surface area contributed by atoms with E-state index in [9.17, 15) is 30.3 Å². The highest BCUT2D eigenvalue weighted by Gasteiger charge is 2.46. The van der Waals surface area contributed by atoms with Crippen molar-refractivity contribution in [1.82, 2.24) is 0 Å². The zero-order valence-electron chi connectivity index (χ0n) is 11.8. The van der Waals surface area contributed by atoms with E-state index in [1.165, 1.54) is 6.92 Å². The van der Waals surface area contributed by atoms with Crippen LogP contribution in [-0.4, -0.2) is 81.5 Å². The number of carbonyl (C=O) groups excluding carboxylic acids is 1. The van der Waals surface area contributed by atoms with E-state index in [-0.39, 0.29) is 5.76 Å². The van der Waals surface area contributed by atoms with E-state index in [1.807, 2.05) is 0 Å². The third kappa shape index (κ3) is 3.30. The number of hydrogen-bond donors (Lipinski definition) is 5. The van der Waals surface area contributed by atoms with Crippen molar-refractivity contribution < 1.29 is 44.5 Å². The highest BCUT2D eigenvalue weighted by molar-refractivity contribution is 5.70. The number of ether oxygens (including phenoxy) is 3. The van der Waals surface area contributed by atoms with Crippen molar-refractivity contribution >= 4 is 6.29 Å². The van der Waals surface area contributed by atoms with Gasteiger partial charge >= 0.3 is 0 Å². The molecule has 0 aromatic heterocycles. The predicted octanol–water partition coefficient (Wildman–Crippen LogP) is -2.76. The summed E-state index contributed by atoms with van der Waals surface area (Å²) in [6.45, 7) is 0.969. The lowest BCUT2D eigenvalue weighted by atomic mass is 9.92. The zero-order valence-corrected chi connectivity index (χ0v) is 11.8. The summed E-state index contributed by atoms with van der Waals surface area (Å²) in [5, 5.41) is 48.5. The van der Waals surface area contributed by atoms with Gasteiger partial charge in [-0.3, -0.25) is 4.79 Å². The highest BCUT2D eigenvalue weighted by atomic mass is 16.7. The lowest BCUT2D eigenvalue weighted by molar-refractivity contribution is -0.314.